The second kappa shape index (κ2) is 10.3. The first-order chi connectivity index (χ1) is 16.2. The van der Waals surface area contributed by atoms with Crippen LogP contribution in [0.2, 0.25) is 18.1 Å². The highest BCUT2D eigenvalue weighted by Crippen LogP contribution is 2.39. The topological polar surface area (TPSA) is 72.5 Å². The van der Waals surface area contributed by atoms with Crippen molar-refractivity contribution in [2.45, 2.75) is 76.2 Å². The number of hydrogen-bond acceptors (Lipinski definition) is 7. The first kappa shape index (κ1) is 25.0. The number of ether oxygens (including phenoxy) is 4. The Bertz CT molecular complexity index is 945. The maximum absolute atomic E-state index is 12.9. The molecule has 2 saturated heterocycles. The van der Waals surface area contributed by atoms with Crippen LogP contribution in [0.4, 0.5) is 0 Å². The van der Waals surface area contributed by atoms with E-state index in [1.165, 1.54) is 0 Å². The van der Waals surface area contributed by atoms with Gasteiger partial charge in [0, 0.05) is 0 Å². The van der Waals surface area contributed by atoms with E-state index in [1.807, 2.05) is 36.4 Å². The van der Waals surface area contributed by atoms with E-state index in [-0.39, 0.29) is 11.1 Å². The monoisotopic (exact) mass is 486 g/mol. The van der Waals surface area contributed by atoms with Crippen LogP contribution in [0.1, 0.15) is 36.7 Å². The van der Waals surface area contributed by atoms with E-state index < -0.39 is 38.9 Å². The third-order valence-electron chi connectivity index (χ3n) is 6.73. The summed E-state index contributed by atoms with van der Waals surface area (Å²) < 4.78 is 30.2. The maximum atomic E-state index is 12.9. The van der Waals surface area contributed by atoms with E-state index in [1.54, 1.807) is 24.3 Å². The molecule has 0 N–H and O–H groups in total. The SMILES string of the molecule is CC(C)(C)[Si](C)(C)OO[C@H]1[C@H](OCc2ccccc2)[C@@H](OC(=O)c2ccccc2)[C@H]2OC[C@@H]1O2. The van der Waals surface area contributed by atoms with Crippen LogP contribution in [-0.2, 0) is 35.0 Å². The van der Waals surface area contributed by atoms with Crippen molar-refractivity contribution in [3.63, 3.8) is 0 Å². The zero-order chi connectivity index (χ0) is 24.3. The number of fused-ring (bicyclic) bond motifs is 2. The lowest BCUT2D eigenvalue weighted by Gasteiger charge is -2.41. The summed E-state index contributed by atoms with van der Waals surface area (Å²) in [4.78, 5) is 19.0. The number of benzene rings is 2. The molecule has 0 spiro atoms. The molecule has 34 heavy (non-hydrogen) atoms. The summed E-state index contributed by atoms with van der Waals surface area (Å²) in [7, 11) is -2.22. The molecule has 2 bridgehead atoms. The van der Waals surface area contributed by atoms with Crippen molar-refractivity contribution < 1.29 is 33.2 Å². The largest absolute Gasteiger partial charge is 0.450 e. The van der Waals surface area contributed by atoms with Gasteiger partial charge in [-0.05, 0) is 35.8 Å². The summed E-state index contributed by atoms with van der Waals surface area (Å²) >= 11 is 0. The van der Waals surface area contributed by atoms with Gasteiger partial charge in [-0.2, -0.15) is 0 Å². The highest BCUT2D eigenvalue weighted by molar-refractivity contribution is 6.73. The molecule has 0 unspecified atom stereocenters. The Kier molecular flexibility index (Phi) is 7.56. The Labute approximate surface area is 202 Å². The van der Waals surface area contributed by atoms with Crippen molar-refractivity contribution in [1.29, 1.82) is 0 Å². The molecule has 2 aromatic carbocycles. The van der Waals surface area contributed by atoms with Crippen LogP contribution >= 0.6 is 0 Å². The molecule has 7 nitrogen and oxygen atoms in total. The number of esters is 1. The van der Waals surface area contributed by atoms with E-state index >= 15 is 0 Å². The fourth-order valence-corrected chi connectivity index (χ4v) is 4.20. The van der Waals surface area contributed by atoms with E-state index in [0.717, 1.165) is 5.56 Å². The standard InChI is InChI=1S/C26H34O7Si/c1-26(2,3)34(4,5)33-32-21-20-17-29-25(30-20)23(31-24(27)19-14-10-7-11-15-19)22(21)28-16-18-12-8-6-9-13-18/h6-15,20-23,25H,16-17H2,1-5H3/t20-,21+,22-,23+,25-/m0/s1. The molecule has 2 aliphatic rings. The zero-order valence-corrected chi connectivity index (χ0v) is 21.4. The Balaban J connectivity index is 1.56. The van der Waals surface area contributed by atoms with Gasteiger partial charge in [-0.3, -0.25) is 4.58 Å². The molecule has 2 fully saturated rings. The van der Waals surface area contributed by atoms with Gasteiger partial charge in [0.05, 0.1) is 18.8 Å². The van der Waals surface area contributed by atoms with E-state index in [9.17, 15) is 4.79 Å². The molecule has 0 saturated carbocycles. The summed E-state index contributed by atoms with van der Waals surface area (Å²) in [6.07, 6.45) is -3.19. The summed E-state index contributed by atoms with van der Waals surface area (Å²) in [6.45, 7) is 11.3. The van der Waals surface area contributed by atoms with Crippen LogP contribution in [0.5, 0.6) is 0 Å². The van der Waals surface area contributed by atoms with Crippen molar-refractivity contribution in [1.82, 2.24) is 0 Å². The molecule has 184 valence electrons. The van der Waals surface area contributed by atoms with E-state index in [4.69, 9.17) is 28.4 Å². The highest BCUT2D eigenvalue weighted by Gasteiger charge is 2.55. The minimum atomic E-state index is -2.22. The lowest BCUT2D eigenvalue weighted by atomic mass is 10.0. The van der Waals surface area contributed by atoms with Crippen molar-refractivity contribution >= 4 is 14.3 Å². The second-order valence-corrected chi connectivity index (χ2v) is 15.0. The van der Waals surface area contributed by atoms with Crippen LogP contribution in [0.3, 0.4) is 0 Å². The number of rotatable bonds is 8. The molecule has 5 atom stereocenters. The van der Waals surface area contributed by atoms with Gasteiger partial charge >= 0.3 is 5.97 Å². The van der Waals surface area contributed by atoms with Gasteiger partial charge in [0.2, 0.25) is 8.32 Å². The molecule has 0 amide bonds. The molecule has 8 heteroatoms. The van der Waals surface area contributed by atoms with Crippen LogP contribution in [0.15, 0.2) is 60.7 Å². The van der Waals surface area contributed by atoms with E-state index in [2.05, 4.69) is 33.9 Å². The van der Waals surface area contributed by atoms with Gasteiger partial charge in [-0.15, -0.1) is 0 Å². The number of carbonyl (C=O) groups is 1. The first-order valence-electron chi connectivity index (χ1n) is 11.7. The summed E-state index contributed by atoms with van der Waals surface area (Å²) in [6, 6.07) is 18.7. The molecule has 0 radical (unpaired) electrons. The second-order valence-electron chi connectivity index (χ2n) is 10.3. The molecule has 0 aromatic heterocycles. The lowest BCUT2D eigenvalue weighted by Crippen LogP contribution is -2.58. The normalized spacial score (nSPS) is 26.9. The van der Waals surface area contributed by atoms with Crippen molar-refractivity contribution in [3.05, 3.63) is 71.8 Å². The predicted octanol–water partition coefficient (Wildman–Crippen LogP) is 4.87. The Morgan fingerprint density at radius 2 is 1.62 bits per heavy atom. The predicted molar refractivity (Wildman–Crippen MR) is 128 cm³/mol. The average Bonchev–Trinajstić information content (AvgIpc) is 3.25. The third kappa shape index (κ3) is 5.59. The van der Waals surface area contributed by atoms with Crippen LogP contribution in [0, 0.1) is 0 Å². The Morgan fingerprint density at radius 3 is 2.26 bits per heavy atom. The summed E-state index contributed by atoms with van der Waals surface area (Å²) in [5.41, 5.74) is 1.44. The smallest absolute Gasteiger partial charge is 0.338 e. The van der Waals surface area contributed by atoms with Gasteiger partial charge in [0.25, 0.3) is 0 Å². The lowest BCUT2D eigenvalue weighted by molar-refractivity contribution is -0.337. The molecule has 2 aliphatic heterocycles. The minimum absolute atomic E-state index is 0.0448. The van der Waals surface area contributed by atoms with Gasteiger partial charge in [0.15, 0.2) is 12.4 Å². The van der Waals surface area contributed by atoms with E-state index in [0.29, 0.717) is 18.8 Å². The van der Waals surface area contributed by atoms with Gasteiger partial charge < -0.3 is 18.9 Å². The fraction of sp³-hybridized carbons (Fsp3) is 0.500. The third-order valence-corrected chi connectivity index (χ3v) is 10.9. The van der Waals surface area contributed by atoms with Crippen molar-refractivity contribution in [3.8, 4) is 0 Å². The zero-order valence-electron chi connectivity index (χ0n) is 20.4. The van der Waals surface area contributed by atoms with Crippen LogP contribution < -0.4 is 0 Å². The first-order valence-corrected chi connectivity index (χ1v) is 14.6. The average molecular weight is 487 g/mol. The van der Waals surface area contributed by atoms with Crippen molar-refractivity contribution in [2.75, 3.05) is 6.61 Å². The van der Waals surface area contributed by atoms with Gasteiger partial charge in [0.1, 0.15) is 18.3 Å². The Hall–Kier alpha value is -2.07. The van der Waals surface area contributed by atoms with Crippen molar-refractivity contribution in [2.24, 2.45) is 0 Å². The molecular formula is C26H34O7Si. The van der Waals surface area contributed by atoms with Crippen LogP contribution in [0.25, 0.3) is 0 Å². The summed E-state index contributed by atoms with van der Waals surface area (Å²) in [5.74, 6) is -0.472. The molecule has 4 rings (SSSR count). The maximum Gasteiger partial charge on any atom is 0.338 e. The number of hydrogen-bond donors (Lipinski definition) is 0. The molecule has 2 heterocycles. The van der Waals surface area contributed by atoms with Crippen LogP contribution in [-0.4, -0.2) is 51.6 Å². The number of carbonyl (C=O) groups excluding carboxylic acids is 1. The molecule has 2 aromatic rings. The minimum Gasteiger partial charge on any atom is -0.450 e. The highest BCUT2D eigenvalue weighted by atomic mass is 28.4. The fourth-order valence-electron chi connectivity index (χ4n) is 3.60. The van der Waals surface area contributed by atoms with Gasteiger partial charge in [-0.1, -0.05) is 69.3 Å². The molecule has 0 aliphatic carbocycles. The Morgan fingerprint density at radius 1 is 0.971 bits per heavy atom. The summed E-state index contributed by atoms with van der Waals surface area (Å²) in [5, 5.41) is -0.0448. The van der Waals surface area contributed by atoms with Gasteiger partial charge in [-0.25, -0.2) is 9.68 Å². The quantitative estimate of drug-likeness (QED) is 0.228. The molecular weight excluding hydrogens is 452 g/mol.